The Hall–Kier alpha value is -3.77. The summed E-state index contributed by atoms with van der Waals surface area (Å²) in [7, 11) is -2.47. The second-order valence-corrected chi connectivity index (χ2v) is 9.80. The molecule has 35 heavy (non-hydrogen) atoms. The fourth-order valence-electron chi connectivity index (χ4n) is 2.72. The van der Waals surface area contributed by atoms with Crippen molar-refractivity contribution in [1.29, 1.82) is 0 Å². The predicted octanol–water partition coefficient (Wildman–Crippen LogP) is 3.45. The Morgan fingerprint density at radius 1 is 1.06 bits per heavy atom. The van der Waals surface area contributed by atoms with Gasteiger partial charge in [0, 0.05) is 17.3 Å². The van der Waals surface area contributed by atoms with Crippen LogP contribution in [-0.2, 0) is 10.0 Å². The summed E-state index contributed by atoms with van der Waals surface area (Å²) < 4.78 is 38.2. The van der Waals surface area contributed by atoms with Crippen molar-refractivity contribution in [3.8, 4) is 11.6 Å². The molecule has 0 atom stereocenters. The number of anilines is 2. The molecule has 3 rings (SSSR count). The highest BCUT2D eigenvalue weighted by Crippen LogP contribution is 2.19. The number of nitrogens with zero attached hydrogens (tertiary/aromatic N) is 2. The van der Waals surface area contributed by atoms with Crippen molar-refractivity contribution in [2.24, 2.45) is 5.92 Å². The van der Waals surface area contributed by atoms with Crippen LogP contribution in [0.3, 0.4) is 0 Å². The van der Waals surface area contributed by atoms with Crippen molar-refractivity contribution >= 4 is 44.8 Å². The third-order valence-electron chi connectivity index (χ3n) is 4.44. The minimum absolute atomic E-state index is 0.00959. The number of benzene rings is 2. The van der Waals surface area contributed by atoms with E-state index in [0.29, 0.717) is 29.5 Å². The fraction of sp³-hybridized carbons (Fsp3) is 0.217. The maximum atomic E-state index is 12.6. The van der Waals surface area contributed by atoms with Crippen LogP contribution in [0.15, 0.2) is 65.8 Å². The van der Waals surface area contributed by atoms with Crippen molar-refractivity contribution in [2.75, 3.05) is 23.8 Å². The number of ether oxygens (including phenoxy) is 2. The number of carbonyl (C=O) groups is 1. The summed E-state index contributed by atoms with van der Waals surface area (Å²) in [6.45, 7) is 4.69. The van der Waals surface area contributed by atoms with Crippen LogP contribution < -0.4 is 24.8 Å². The summed E-state index contributed by atoms with van der Waals surface area (Å²) in [4.78, 5) is 20.2. The Bertz CT molecular complexity index is 1280. The van der Waals surface area contributed by atoms with Crippen LogP contribution in [0.5, 0.6) is 11.6 Å². The zero-order valence-electron chi connectivity index (χ0n) is 19.3. The van der Waals surface area contributed by atoms with Gasteiger partial charge in [0.1, 0.15) is 17.9 Å². The summed E-state index contributed by atoms with van der Waals surface area (Å²) in [5, 5.41) is 5.51. The van der Waals surface area contributed by atoms with Gasteiger partial charge in [-0.15, -0.1) is 0 Å². The maximum absolute atomic E-state index is 12.6. The average Bonchev–Trinajstić information content (AvgIpc) is 2.83. The molecule has 12 heteroatoms. The molecule has 3 N–H and O–H groups in total. The average molecular weight is 516 g/mol. The Balaban J connectivity index is 1.56. The van der Waals surface area contributed by atoms with Crippen LogP contribution >= 0.6 is 12.2 Å². The van der Waals surface area contributed by atoms with Crippen molar-refractivity contribution in [3.63, 3.8) is 0 Å². The second-order valence-electron chi connectivity index (χ2n) is 7.71. The first-order valence-electron chi connectivity index (χ1n) is 10.5. The van der Waals surface area contributed by atoms with Crippen molar-refractivity contribution < 1.29 is 22.7 Å². The Kier molecular flexibility index (Phi) is 8.55. The number of methoxy groups -OCH3 is 1. The normalized spacial score (nSPS) is 11.0. The zero-order chi connectivity index (χ0) is 25.4. The maximum Gasteiger partial charge on any atom is 0.263 e. The Morgan fingerprint density at radius 3 is 2.37 bits per heavy atom. The highest BCUT2D eigenvalue weighted by atomic mass is 32.2. The molecule has 1 heterocycles. The standard InChI is InChI=1S/C23H25N5O5S2/c1-15(2)13-33-18-8-4-16(5-9-18)22(29)27-23(34)26-17-6-10-19(11-7-17)35(30,31)28-20-12-21(32-3)25-14-24-20/h4-12,14-15H,13H2,1-3H3,(H,24,25,28)(H2,26,27,29,34). The van der Waals surface area contributed by atoms with E-state index >= 15 is 0 Å². The summed E-state index contributed by atoms with van der Waals surface area (Å²) in [5.74, 6) is 0.987. The molecule has 2 aromatic carbocycles. The van der Waals surface area contributed by atoms with Crippen molar-refractivity contribution in [1.82, 2.24) is 15.3 Å². The molecule has 0 fully saturated rings. The quantitative estimate of drug-likeness (QED) is 0.367. The molecule has 0 unspecified atom stereocenters. The molecule has 0 aliphatic carbocycles. The van der Waals surface area contributed by atoms with E-state index in [0.717, 1.165) is 0 Å². The molecule has 0 spiro atoms. The van der Waals surface area contributed by atoms with Gasteiger partial charge in [-0.05, 0) is 66.7 Å². The van der Waals surface area contributed by atoms with Crippen LogP contribution in [0.4, 0.5) is 11.5 Å². The molecule has 1 amide bonds. The van der Waals surface area contributed by atoms with Gasteiger partial charge in [0.05, 0.1) is 18.6 Å². The van der Waals surface area contributed by atoms with E-state index in [4.69, 9.17) is 21.7 Å². The Labute approximate surface area is 209 Å². The molecular formula is C23H25N5O5S2. The van der Waals surface area contributed by atoms with Crippen molar-refractivity contribution in [2.45, 2.75) is 18.7 Å². The molecule has 0 radical (unpaired) electrons. The number of rotatable bonds is 9. The lowest BCUT2D eigenvalue weighted by Crippen LogP contribution is -2.34. The minimum Gasteiger partial charge on any atom is -0.493 e. The van der Waals surface area contributed by atoms with Gasteiger partial charge in [-0.1, -0.05) is 13.8 Å². The first-order valence-corrected chi connectivity index (χ1v) is 12.4. The molecule has 0 bridgehead atoms. The van der Waals surface area contributed by atoms with Gasteiger partial charge in [0.2, 0.25) is 5.88 Å². The second kappa shape index (κ2) is 11.6. The van der Waals surface area contributed by atoms with Gasteiger partial charge in [-0.2, -0.15) is 0 Å². The number of thiocarbonyl (C=S) groups is 1. The largest absolute Gasteiger partial charge is 0.493 e. The van der Waals surface area contributed by atoms with Crippen LogP contribution in [0, 0.1) is 5.92 Å². The first kappa shape index (κ1) is 25.8. The van der Waals surface area contributed by atoms with Gasteiger partial charge in [0.15, 0.2) is 5.11 Å². The number of nitrogens with one attached hydrogen (secondary N) is 3. The zero-order valence-corrected chi connectivity index (χ0v) is 20.9. The minimum atomic E-state index is -3.89. The molecule has 3 aromatic rings. The molecular weight excluding hydrogens is 490 g/mol. The third kappa shape index (κ3) is 7.62. The van der Waals surface area contributed by atoms with Gasteiger partial charge in [0.25, 0.3) is 15.9 Å². The molecule has 1 aromatic heterocycles. The monoisotopic (exact) mass is 515 g/mol. The van der Waals surface area contributed by atoms with E-state index in [-0.39, 0.29) is 27.6 Å². The topological polar surface area (TPSA) is 132 Å². The van der Waals surface area contributed by atoms with Crippen LogP contribution in [0.2, 0.25) is 0 Å². The van der Waals surface area contributed by atoms with E-state index in [1.54, 1.807) is 24.3 Å². The molecule has 10 nitrogen and oxygen atoms in total. The number of sulfonamides is 1. The summed E-state index contributed by atoms with van der Waals surface area (Å²) in [5.41, 5.74) is 0.912. The van der Waals surface area contributed by atoms with E-state index in [9.17, 15) is 13.2 Å². The smallest absolute Gasteiger partial charge is 0.263 e. The van der Waals surface area contributed by atoms with Crippen LogP contribution in [0.1, 0.15) is 24.2 Å². The lowest BCUT2D eigenvalue weighted by molar-refractivity contribution is 0.0977. The van der Waals surface area contributed by atoms with Crippen LogP contribution in [-0.4, -0.2) is 43.1 Å². The molecule has 0 aliphatic heterocycles. The molecule has 0 aliphatic rings. The lowest BCUT2D eigenvalue weighted by Gasteiger charge is -2.12. The third-order valence-corrected chi connectivity index (χ3v) is 6.01. The highest BCUT2D eigenvalue weighted by molar-refractivity contribution is 7.92. The number of hydrogen-bond acceptors (Lipinski definition) is 8. The SMILES string of the molecule is COc1cc(NS(=O)(=O)c2ccc(NC(=S)NC(=O)c3ccc(OCC(C)C)cc3)cc2)ncn1. The van der Waals surface area contributed by atoms with E-state index < -0.39 is 10.0 Å². The van der Waals surface area contributed by atoms with E-state index in [2.05, 4.69) is 39.2 Å². The van der Waals surface area contributed by atoms with Gasteiger partial charge >= 0.3 is 0 Å². The predicted molar refractivity (Wildman–Crippen MR) is 136 cm³/mol. The first-order chi connectivity index (χ1) is 16.7. The van der Waals surface area contributed by atoms with E-state index in [1.165, 1.54) is 43.8 Å². The van der Waals surface area contributed by atoms with Gasteiger partial charge < -0.3 is 14.8 Å². The van der Waals surface area contributed by atoms with Gasteiger partial charge in [-0.25, -0.2) is 18.4 Å². The number of hydrogen-bond donors (Lipinski definition) is 3. The highest BCUT2D eigenvalue weighted by Gasteiger charge is 2.16. The van der Waals surface area contributed by atoms with Crippen molar-refractivity contribution in [3.05, 3.63) is 66.5 Å². The molecule has 0 saturated heterocycles. The van der Waals surface area contributed by atoms with Gasteiger partial charge in [-0.3, -0.25) is 14.8 Å². The number of amides is 1. The van der Waals surface area contributed by atoms with Crippen LogP contribution in [0.25, 0.3) is 0 Å². The number of aromatic nitrogens is 2. The Morgan fingerprint density at radius 2 is 1.74 bits per heavy atom. The van der Waals surface area contributed by atoms with E-state index in [1.807, 2.05) is 0 Å². The fourth-order valence-corrected chi connectivity index (χ4v) is 3.93. The summed E-state index contributed by atoms with van der Waals surface area (Å²) in [6, 6.07) is 13.9. The number of carbonyl (C=O) groups excluding carboxylic acids is 1. The molecule has 184 valence electrons. The molecule has 0 saturated carbocycles. The summed E-state index contributed by atoms with van der Waals surface area (Å²) in [6.07, 6.45) is 1.19. The lowest BCUT2D eigenvalue weighted by atomic mass is 10.2. The summed E-state index contributed by atoms with van der Waals surface area (Å²) >= 11 is 5.20.